The minimum atomic E-state index is -0.794. The molecular weight excluding hydrogens is 422 g/mol. The Balaban J connectivity index is 1.29. The zero-order valence-electron chi connectivity index (χ0n) is 20.4. The highest BCUT2D eigenvalue weighted by Gasteiger charge is 2.67. The van der Waals surface area contributed by atoms with Crippen LogP contribution in [0.2, 0.25) is 0 Å². The number of ether oxygens (including phenoxy) is 2. The first kappa shape index (κ1) is 24.0. The van der Waals surface area contributed by atoms with Crippen LogP contribution in [0.25, 0.3) is 0 Å². The third-order valence-electron chi connectivity index (χ3n) is 11.3. The lowest BCUT2D eigenvalue weighted by Crippen LogP contribution is -2.66. The average Bonchev–Trinajstić information content (AvgIpc) is 3.03. The van der Waals surface area contributed by atoms with Gasteiger partial charge in [-0.3, -0.25) is 4.79 Å². The van der Waals surface area contributed by atoms with Crippen molar-refractivity contribution in [1.82, 2.24) is 0 Å². The van der Waals surface area contributed by atoms with Gasteiger partial charge in [0.2, 0.25) is 0 Å². The van der Waals surface area contributed by atoms with E-state index in [2.05, 4.69) is 13.8 Å². The van der Waals surface area contributed by atoms with Crippen molar-refractivity contribution in [3.05, 3.63) is 0 Å². The number of carboxylic acids is 1. The van der Waals surface area contributed by atoms with Crippen molar-refractivity contribution >= 4 is 5.97 Å². The summed E-state index contributed by atoms with van der Waals surface area (Å²) in [6.45, 7) is 6.43. The van der Waals surface area contributed by atoms with Gasteiger partial charge in [0.1, 0.15) is 6.10 Å². The van der Waals surface area contributed by atoms with E-state index in [1.54, 1.807) is 0 Å². The fourth-order valence-electron chi connectivity index (χ4n) is 9.06. The zero-order chi connectivity index (χ0) is 23.8. The zero-order valence-corrected chi connectivity index (χ0v) is 20.4. The molecule has 1 saturated heterocycles. The predicted octanol–water partition coefficient (Wildman–Crippen LogP) is 3.05. The number of aliphatic carboxylic acids is 1. The van der Waals surface area contributed by atoms with Crippen molar-refractivity contribution in [2.75, 3.05) is 0 Å². The minimum absolute atomic E-state index is 0.0604. The van der Waals surface area contributed by atoms with Crippen molar-refractivity contribution in [3.8, 4) is 0 Å². The molecule has 0 aromatic rings. The number of carboxylic acid groups (broad SMARTS) is 1. The summed E-state index contributed by atoms with van der Waals surface area (Å²) in [7, 11) is 0. The second-order valence-electron chi connectivity index (χ2n) is 12.5. The van der Waals surface area contributed by atoms with Crippen LogP contribution in [0.5, 0.6) is 0 Å². The van der Waals surface area contributed by atoms with Gasteiger partial charge in [-0.15, -0.1) is 0 Å². The first-order valence-corrected chi connectivity index (χ1v) is 13.2. The lowest BCUT2D eigenvalue weighted by molar-refractivity contribution is -0.283. The van der Waals surface area contributed by atoms with Gasteiger partial charge in [-0.2, -0.15) is 0 Å². The van der Waals surface area contributed by atoms with E-state index in [0.717, 1.165) is 51.4 Å². The Bertz CT molecular complexity index is 778. The molecule has 5 fully saturated rings. The normalized spacial score (nSPS) is 56.5. The number of rotatable bonds is 3. The van der Waals surface area contributed by atoms with E-state index >= 15 is 0 Å². The lowest BCUT2D eigenvalue weighted by atomic mass is 9.42. The fraction of sp³-hybridized carbons (Fsp3) is 0.962. The summed E-state index contributed by atoms with van der Waals surface area (Å²) in [5, 5.41) is 30.2. The third-order valence-corrected chi connectivity index (χ3v) is 11.3. The van der Waals surface area contributed by atoms with Crippen LogP contribution in [-0.2, 0) is 14.3 Å². The summed E-state index contributed by atoms with van der Waals surface area (Å²) >= 11 is 0. The van der Waals surface area contributed by atoms with Gasteiger partial charge < -0.3 is 30.5 Å². The van der Waals surface area contributed by atoms with E-state index in [4.69, 9.17) is 15.2 Å². The minimum Gasteiger partial charge on any atom is -0.481 e. The summed E-state index contributed by atoms with van der Waals surface area (Å²) < 4.78 is 12.0. The number of carbonyl (C=O) groups is 1. The van der Waals surface area contributed by atoms with E-state index in [9.17, 15) is 20.1 Å². The molecule has 1 aliphatic heterocycles. The number of aliphatic hydroxyl groups excluding tert-OH is 2. The average molecular weight is 466 g/mol. The highest BCUT2D eigenvalue weighted by atomic mass is 16.7. The Morgan fingerprint density at radius 3 is 2.45 bits per heavy atom. The van der Waals surface area contributed by atoms with Crippen LogP contribution in [0, 0.1) is 34.5 Å². The van der Waals surface area contributed by atoms with E-state index in [1.807, 2.05) is 6.92 Å². The van der Waals surface area contributed by atoms with Gasteiger partial charge in [-0.05, 0) is 93.3 Å². The topological polar surface area (TPSA) is 122 Å². The molecule has 5 rings (SSSR count). The van der Waals surface area contributed by atoms with E-state index in [1.165, 1.54) is 0 Å². The standard InChI is InChI=1S/C26H43NO6/c1-14-20(28)13-21(29)23(32-14)33-16-6-9-24(2)15(12-16)4-5-18-17(24)7-10-25(3)19(22(30)31)8-11-26(18,25)27/h14-21,23,28-29H,4-13,27H2,1-3H3,(H,30,31)/t14-,15?,16?,17-,18-,19?,20+,21+,23+,24+,25-,26-/m1/s1. The molecule has 4 aliphatic carbocycles. The Morgan fingerprint density at radius 1 is 0.970 bits per heavy atom. The first-order chi connectivity index (χ1) is 15.5. The number of hydrogen-bond donors (Lipinski definition) is 4. The molecule has 12 atom stereocenters. The predicted molar refractivity (Wildman–Crippen MR) is 122 cm³/mol. The molecule has 0 radical (unpaired) electrons. The molecule has 3 unspecified atom stereocenters. The summed E-state index contributed by atoms with van der Waals surface area (Å²) in [6.07, 6.45) is 6.58. The number of nitrogens with two attached hydrogens (primary N) is 1. The first-order valence-electron chi connectivity index (χ1n) is 13.2. The largest absolute Gasteiger partial charge is 0.481 e. The van der Waals surface area contributed by atoms with Gasteiger partial charge >= 0.3 is 5.97 Å². The van der Waals surface area contributed by atoms with Gasteiger partial charge in [-0.1, -0.05) is 13.8 Å². The smallest absolute Gasteiger partial charge is 0.307 e. The highest BCUT2D eigenvalue weighted by molar-refractivity contribution is 5.72. The molecule has 188 valence electrons. The Labute approximate surface area is 197 Å². The fourth-order valence-corrected chi connectivity index (χ4v) is 9.06. The van der Waals surface area contributed by atoms with Crippen molar-refractivity contribution in [1.29, 1.82) is 0 Å². The van der Waals surface area contributed by atoms with Gasteiger partial charge in [0.25, 0.3) is 0 Å². The van der Waals surface area contributed by atoms with Crippen molar-refractivity contribution in [2.45, 2.75) is 121 Å². The Kier molecular flexibility index (Phi) is 5.93. The number of aliphatic hydroxyl groups is 2. The SMILES string of the molecule is C[C@H]1O[C@@H](OC2CC[C@@]3(C)C(CC[C@@H]4[C@H]3CC[C@]3(C)C(C(=O)O)CC[C@@]43N)C2)[C@@H](O)C[C@@H]1O. The molecule has 7 nitrogen and oxygen atoms in total. The highest BCUT2D eigenvalue weighted by Crippen LogP contribution is 2.68. The summed E-state index contributed by atoms with van der Waals surface area (Å²) in [4.78, 5) is 12.0. The number of hydrogen-bond acceptors (Lipinski definition) is 6. The quantitative estimate of drug-likeness (QED) is 0.473. The molecule has 0 aromatic carbocycles. The van der Waals surface area contributed by atoms with Crippen molar-refractivity contribution < 1.29 is 29.6 Å². The van der Waals surface area contributed by atoms with Gasteiger partial charge in [0.15, 0.2) is 6.29 Å². The molecule has 7 heteroatoms. The Hall–Kier alpha value is -0.730. The summed E-state index contributed by atoms with van der Waals surface area (Å²) in [5.41, 5.74) is 6.72. The van der Waals surface area contributed by atoms with Crippen LogP contribution in [0.4, 0.5) is 0 Å². The lowest BCUT2D eigenvalue weighted by Gasteiger charge is -2.64. The monoisotopic (exact) mass is 465 g/mol. The van der Waals surface area contributed by atoms with Crippen LogP contribution >= 0.6 is 0 Å². The summed E-state index contributed by atoms with van der Waals surface area (Å²) in [5.74, 6) is 0.487. The molecule has 5 N–H and O–H groups in total. The van der Waals surface area contributed by atoms with Crippen LogP contribution in [0.15, 0.2) is 0 Å². The second-order valence-corrected chi connectivity index (χ2v) is 12.5. The molecule has 0 amide bonds. The van der Waals surface area contributed by atoms with Crippen molar-refractivity contribution in [3.63, 3.8) is 0 Å². The van der Waals surface area contributed by atoms with Crippen LogP contribution in [0.3, 0.4) is 0 Å². The van der Waals surface area contributed by atoms with E-state index < -0.39 is 24.5 Å². The molecule has 0 spiro atoms. The van der Waals surface area contributed by atoms with Gasteiger partial charge in [-0.25, -0.2) is 0 Å². The van der Waals surface area contributed by atoms with Gasteiger partial charge in [0, 0.05) is 12.0 Å². The second kappa shape index (κ2) is 8.16. The molecule has 33 heavy (non-hydrogen) atoms. The summed E-state index contributed by atoms with van der Waals surface area (Å²) in [6, 6.07) is 0. The maximum atomic E-state index is 12.0. The van der Waals surface area contributed by atoms with E-state index in [-0.39, 0.29) is 40.9 Å². The van der Waals surface area contributed by atoms with Gasteiger partial charge in [0.05, 0.1) is 24.2 Å². The maximum absolute atomic E-state index is 12.0. The maximum Gasteiger partial charge on any atom is 0.307 e. The molecule has 0 aromatic heterocycles. The molecular formula is C26H43NO6. The van der Waals surface area contributed by atoms with Crippen LogP contribution in [0.1, 0.15) is 85.0 Å². The third kappa shape index (κ3) is 3.52. The number of fused-ring (bicyclic) bond motifs is 5. The van der Waals surface area contributed by atoms with Crippen LogP contribution in [-0.4, -0.2) is 57.5 Å². The molecule has 5 aliphatic rings. The molecule has 4 saturated carbocycles. The van der Waals surface area contributed by atoms with Crippen LogP contribution < -0.4 is 5.73 Å². The van der Waals surface area contributed by atoms with Crippen molar-refractivity contribution in [2.24, 2.45) is 40.2 Å². The van der Waals surface area contributed by atoms with E-state index in [0.29, 0.717) is 24.2 Å². The molecule has 1 heterocycles. The molecule has 0 bridgehead atoms. The Morgan fingerprint density at radius 2 is 1.73 bits per heavy atom.